The molecule has 7 heteroatoms. The van der Waals surface area contributed by atoms with E-state index in [2.05, 4.69) is 36.1 Å². The summed E-state index contributed by atoms with van der Waals surface area (Å²) in [6.07, 6.45) is 9.44. The number of benzene rings is 2. The summed E-state index contributed by atoms with van der Waals surface area (Å²) in [7, 11) is 1.65. The lowest BCUT2D eigenvalue weighted by Crippen LogP contribution is -2.33. The molecule has 2 aromatic carbocycles. The largest absolute Gasteiger partial charge is 0.493 e. The Morgan fingerprint density at radius 2 is 1.74 bits per heavy atom. The number of carbonyl (C=O) groups is 2. The summed E-state index contributed by atoms with van der Waals surface area (Å²) in [6.45, 7) is 4.56. The molecule has 0 bridgehead atoms. The van der Waals surface area contributed by atoms with E-state index >= 15 is 0 Å². The van der Waals surface area contributed by atoms with Gasteiger partial charge >= 0.3 is 0 Å². The van der Waals surface area contributed by atoms with Crippen LogP contribution in [-0.2, 0) is 22.6 Å². The fourth-order valence-electron chi connectivity index (χ4n) is 6.39. The highest BCUT2D eigenvalue weighted by molar-refractivity contribution is 6.31. The van der Waals surface area contributed by atoms with Crippen molar-refractivity contribution in [3.05, 3.63) is 57.6 Å². The molecule has 2 fully saturated rings. The molecule has 5 rings (SSSR count). The van der Waals surface area contributed by atoms with E-state index in [1.54, 1.807) is 7.11 Å². The van der Waals surface area contributed by atoms with E-state index in [1.807, 2.05) is 6.07 Å². The standard InChI is InChI=1S/C31H39ClN2O4/c1-21-16-25-24(18-26(21)32)9-10-27(25)33(19-22-6-4-3-5-7-22)20-23-8-11-28(29(17-23)37-2)38-15-14-34-30(35)12-13-31(34)36/h8,11,16-18,22,27H,3-7,9-10,12-15,19-20H2,1-2H3. The first kappa shape index (κ1) is 27.0. The van der Waals surface area contributed by atoms with Gasteiger partial charge in [-0.15, -0.1) is 0 Å². The summed E-state index contributed by atoms with van der Waals surface area (Å²) in [5, 5.41) is 0.863. The van der Waals surface area contributed by atoms with Crippen molar-refractivity contribution >= 4 is 23.4 Å². The van der Waals surface area contributed by atoms with Crippen LogP contribution in [0.2, 0.25) is 5.02 Å². The van der Waals surface area contributed by atoms with E-state index in [4.69, 9.17) is 21.1 Å². The van der Waals surface area contributed by atoms with Crippen molar-refractivity contribution in [1.29, 1.82) is 0 Å². The SMILES string of the molecule is COc1cc(CN(CC2CCCCC2)C2CCc3cc(Cl)c(C)cc32)ccc1OCCN1C(=O)CCC1=O. The number of halogens is 1. The molecule has 204 valence electrons. The van der Waals surface area contributed by atoms with Crippen LogP contribution in [-0.4, -0.2) is 48.4 Å². The van der Waals surface area contributed by atoms with Gasteiger partial charge in [0.05, 0.1) is 13.7 Å². The van der Waals surface area contributed by atoms with Gasteiger partial charge in [-0.05, 0) is 79.0 Å². The molecule has 6 nitrogen and oxygen atoms in total. The number of likely N-dealkylation sites (tertiary alicyclic amines) is 1. The second kappa shape index (κ2) is 12.1. The lowest BCUT2D eigenvalue weighted by Gasteiger charge is -2.35. The van der Waals surface area contributed by atoms with Gasteiger partial charge in [-0.2, -0.15) is 0 Å². The maximum absolute atomic E-state index is 11.9. The van der Waals surface area contributed by atoms with Crippen LogP contribution in [0.15, 0.2) is 30.3 Å². The molecule has 1 heterocycles. The molecular formula is C31H39ClN2O4. The molecule has 1 saturated carbocycles. The highest BCUT2D eigenvalue weighted by Gasteiger charge is 2.31. The molecule has 0 spiro atoms. The number of fused-ring (bicyclic) bond motifs is 1. The average Bonchev–Trinajstić information content (AvgIpc) is 3.47. The van der Waals surface area contributed by atoms with Gasteiger partial charge in [-0.25, -0.2) is 0 Å². The van der Waals surface area contributed by atoms with E-state index in [9.17, 15) is 9.59 Å². The molecule has 0 aromatic heterocycles. The molecule has 1 atom stereocenters. The van der Waals surface area contributed by atoms with Crippen LogP contribution < -0.4 is 9.47 Å². The number of hydrogen-bond acceptors (Lipinski definition) is 5. The second-order valence-electron chi connectivity index (χ2n) is 11.1. The fourth-order valence-corrected chi connectivity index (χ4v) is 6.57. The summed E-state index contributed by atoms with van der Waals surface area (Å²) >= 11 is 6.47. The zero-order chi connectivity index (χ0) is 26.6. The summed E-state index contributed by atoms with van der Waals surface area (Å²) in [5.74, 6) is 1.80. The van der Waals surface area contributed by atoms with Crippen LogP contribution in [0.4, 0.5) is 0 Å². The van der Waals surface area contributed by atoms with Gasteiger partial charge in [-0.3, -0.25) is 19.4 Å². The van der Waals surface area contributed by atoms with Crippen LogP contribution in [0.25, 0.3) is 0 Å². The first-order valence-corrected chi connectivity index (χ1v) is 14.5. The minimum Gasteiger partial charge on any atom is -0.493 e. The van der Waals surface area contributed by atoms with Crippen LogP contribution in [0.3, 0.4) is 0 Å². The Bertz CT molecular complexity index is 1160. The van der Waals surface area contributed by atoms with Crippen molar-refractivity contribution in [1.82, 2.24) is 9.80 Å². The summed E-state index contributed by atoms with van der Waals surface area (Å²) in [4.78, 5) is 27.7. The highest BCUT2D eigenvalue weighted by atomic mass is 35.5. The zero-order valence-corrected chi connectivity index (χ0v) is 23.4. The third-order valence-electron chi connectivity index (χ3n) is 8.47. The van der Waals surface area contributed by atoms with E-state index in [-0.39, 0.29) is 25.0 Å². The highest BCUT2D eigenvalue weighted by Crippen LogP contribution is 2.41. The van der Waals surface area contributed by atoms with Crippen LogP contribution in [0, 0.1) is 12.8 Å². The minimum atomic E-state index is -0.120. The molecule has 2 aromatic rings. The monoisotopic (exact) mass is 538 g/mol. The third kappa shape index (κ3) is 6.02. The van der Waals surface area contributed by atoms with Crippen molar-refractivity contribution in [3.63, 3.8) is 0 Å². The molecule has 0 radical (unpaired) electrons. The van der Waals surface area contributed by atoms with Crippen LogP contribution in [0.1, 0.15) is 79.7 Å². The Balaban J connectivity index is 1.31. The van der Waals surface area contributed by atoms with Crippen molar-refractivity contribution in [2.45, 2.75) is 77.3 Å². The van der Waals surface area contributed by atoms with Crippen LogP contribution >= 0.6 is 11.6 Å². The predicted octanol–water partition coefficient (Wildman–Crippen LogP) is 6.25. The van der Waals surface area contributed by atoms with Crippen molar-refractivity contribution < 1.29 is 19.1 Å². The smallest absolute Gasteiger partial charge is 0.229 e. The maximum Gasteiger partial charge on any atom is 0.229 e. The molecular weight excluding hydrogens is 500 g/mol. The summed E-state index contributed by atoms with van der Waals surface area (Å²) in [5.41, 5.74) is 5.15. The number of methoxy groups -OCH3 is 1. The third-order valence-corrected chi connectivity index (χ3v) is 8.87. The molecule has 1 unspecified atom stereocenters. The molecule has 2 amide bonds. The molecule has 1 saturated heterocycles. The molecule has 2 aliphatic carbocycles. The number of hydrogen-bond donors (Lipinski definition) is 0. The van der Waals surface area contributed by atoms with Gasteiger partial charge in [0.25, 0.3) is 0 Å². The first-order chi connectivity index (χ1) is 18.4. The Labute approximate surface area is 231 Å². The predicted molar refractivity (Wildman–Crippen MR) is 149 cm³/mol. The van der Waals surface area contributed by atoms with Gasteiger partial charge in [-0.1, -0.05) is 43.0 Å². The zero-order valence-electron chi connectivity index (χ0n) is 22.6. The number of carbonyl (C=O) groups excluding carboxylic acids is 2. The van der Waals surface area contributed by atoms with E-state index in [0.29, 0.717) is 30.4 Å². The fraction of sp³-hybridized carbons (Fsp3) is 0.548. The topological polar surface area (TPSA) is 59.1 Å². The minimum absolute atomic E-state index is 0.120. The number of imide groups is 1. The number of nitrogens with zero attached hydrogens (tertiary/aromatic N) is 2. The lowest BCUT2D eigenvalue weighted by molar-refractivity contribution is -0.138. The summed E-state index contributed by atoms with van der Waals surface area (Å²) in [6, 6.07) is 11.0. The first-order valence-electron chi connectivity index (χ1n) is 14.1. The van der Waals surface area contributed by atoms with E-state index in [0.717, 1.165) is 42.4 Å². The maximum atomic E-state index is 11.9. The molecule has 3 aliphatic rings. The number of rotatable bonds is 10. The van der Waals surface area contributed by atoms with Gasteiger partial charge < -0.3 is 9.47 Å². The normalized spacial score (nSPS) is 19.9. The van der Waals surface area contributed by atoms with E-state index in [1.165, 1.54) is 53.7 Å². The lowest BCUT2D eigenvalue weighted by atomic mass is 9.88. The van der Waals surface area contributed by atoms with E-state index < -0.39 is 0 Å². The second-order valence-corrected chi connectivity index (χ2v) is 11.5. The van der Waals surface area contributed by atoms with Crippen molar-refractivity contribution in [2.24, 2.45) is 5.92 Å². The average molecular weight is 539 g/mol. The van der Waals surface area contributed by atoms with Gasteiger partial charge in [0.15, 0.2) is 11.5 Å². The van der Waals surface area contributed by atoms with Gasteiger partial charge in [0.2, 0.25) is 11.8 Å². The molecule has 38 heavy (non-hydrogen) atoms. The number of amides is 2. The van der Waals surface area contributed by atoms with Crippen LogP contribution in [0.5, 0.6) is 11.5 Å². The van der Waals surface area contributed by atoms with Gasteiger partial charge in [0.1, 0.15) is 6.61 Å². The number of ether oxygens (including phenoxy) is 2. The Kier molecular flexibility index (Phi) is 8.59. The Morgan fingerprint density at radius 1 is 0.974 bits per heavy atom. The summed E-state index contributed by atoms with van der Waals surface area (Å²) < 4.78 is 11.6. The molecule has 1 aliphatic heterocycles. The van der Waals surface area contributed by atoms with Gasteiger partial charge in [0, 0.05) is 37.0 Å². The molecule has 0 N–H and O–H groups in total. The Hall–Kier alpha value is -2.57. The van der Waals surface area contributed by atoms with Crippen molar-refractivity contribution in [3.8, 4) is 11.5 Å². The Morgan fingerprint density at radius 3 is 2.47 bits per heavy atom. The quantitative estimate of drug-likeness (QED) is 0.334. The van der Waals surface area contributed by atoms with Crippen molar-refractivity contribution in [2.75, 3.05) is 26.8 Å². The number of aryl methyl sites for hydroxylation is 2.